The Kier molecular flexibility index (Phi) is 5.05. The summed E-state index contributed by atoms with van der Waals surface area (Å²) in [6.07, 6.45) is 5.44. The number of hydrogen-bond donors (Lipinski definition) is 2. The summed E-state index contributed by atoms with van der Waals surface area (Å²) >= 11 is 0. The molecule has 0 heterocycles. The number of aliphatic imine (C=N–C) groups is 1. The van der Waals surface area contributed by atoms with Gasteiger partial charge in [-0.2, -0.15) is 0 Å². The van der Waals surface area contributed by atoms with E-state index in [1.54, 1.807) is 7.11 Å². The zero-order valence-electron chi connectivity index (χ0n) is 12.4. The monoisotopic (exact) mass is 269 g/mol. The molecule has 2 atom stereocenters. The molecule has 0 saturated heterocycles. The first kappa shape index (κ1) is 14.6. The molecule has 2 rings (SSSR count). The summed E-state index contributed by atoms with van der Waals surface area (Å²) in [6.45, 7) is 4.38. The molecule has 19 heavy (non-hydrogen) atoms. The highest BCUT2D eigenvalue weighted by atomic mass is 16.5. The van der Waals surface area contributed by atoms with Crippen LogP contribution in [0.25, 0.3) is 0 Å². The van der Waals surface area contributed by atoms with Crippen molar-refractivity contribution in [2.75, 3.05) is 33.9 Å². The molecule has 2 fully saturated rings. The molecule has 2 N–H and O–H groups in total. The average molecular weight is 269 g/mol. The van der Waals surface area contributed by atoms with Crippen LogP contribution in [0.2, 0.25) is 0 Å². The van der Waals surface area contributed by atoms with Crippen LogP contribution in [0, 0.1) is 5.41 Å². The number of hydrogen-bond acceptors (Lipinski definition) is 3. The predicted molar refractivity (Wildman–Crippen MR) is 76.5 cm³/mol. The zero-order chi connectivity index (χ0) is 13.7. The maximum atomic E-state index is 5.86. The van der Waals surface area contributed by atoms with Gasteiger partial charge in [-0.15, -0.1) is 0 Å². The smallest absolute Gasteiger partial charge is 0.191 e. The van der Waals surface area contributed by atoms with E-state index < -0.39 is 0 Å². The molecule has 2 aliphatic carbocycles. The molecule has 110 valence electrons. The zero-order valence-corrected chi connectivity index (χ0v) is 12.4. The molecular formula is C14H27N3O2. The third-order valence-electron chi connectivity index (χ3n) is 4.57. The third kappa shape index (κ3) is 2.87. The first-order valence-electron chi connectivity index (χ1n) is 7.34. The summed E-state index contributed by atoms with van der Waals surface area (Å²) in [5, 5.41) is 6.82. The predicted octanol–water partition coefficient (Wildman–Crippen LogP) is 1.15. The van der Waals surface area contributed by atoms with Gasteiger partial charge in [0.25, 0.3) is 0 Å². The van der Waals surface area contributed by atoms with Gasteiger partial charge in [0.05, 0.1) is 12.7 Å². The number of ether oxygens (including phenoxy) is 2. The number of guanidine groups is 1. The molecule has 0 aromatic carbocycles. The van der Waals surface area contributed by atoms with E-state index in [4.69, 9.17) is 9.47 Å². The van der Waals surface area contributed by atoms with E-state index in [0.717, 1.165) is 25.5 Å². The van der Waals surface area contributed by atoms with Gasteiger partial charge in [0.1, 0.15) is 0 Å². The Labute approximate surface area is 116 Å². The molecule has 0 aromatic heterocycles. The molecule has 0 bridgehead atoms. The standard InChI is InChI=1S/C14H27N3O2/c1-4-19-12-10-11(14(12)6-5-7-14)17-13(15-2)16-8-9-18-3/h11-12H,4-10H2,1-3H3,(H2,15,16,17). The summed E-state index contributed by atoms with van der Waals surface area (Å²) < 4.78 is 10.9. The van der Waals surface area contributed by atoms with Crippen molar-refractivity contribution in [3.63, 3.8) is 0 Å². The minimum absolute atomic E-state index is 0.370. The minimum Gasteiger partial charge on any atom is -0.383 e. The van der Waals surface area contributed by atoms with Crippen LogP contribution in [0.1, 0.15) is 32.6 Å². The van der Waals surface area contributed by atoms with Crippen LogP contribution in [-0.4, -0.2) is 52.0 Å². The number of methoxy groups -OCH3 is 1. The molecule has 5 nitrogen and oxygen atoms in total. The van der Waals surface area contributed by atoms with Crippen molar-refractivity contribution in [3.8, 4) is 0 Å². The molecule has 1 spiro atoms. The van der Waals surface area contributed by atoms with E-state index in [0.29, 0.717) is 24.2 Å². The maximum absolute atomic E-state index is 5.86. The van der Waals surface area contributed by atoms with Gasteiger partial charge < -0.3 is 20.1 Å². The highest BCUT2D eigenvalue weighted by Crippen LogP contribution is 2.57. The van der Waals surface area contributed by atoms with Gasteiger partial charge >= 0.3 is 0 Å². The van der Waals surface area contributed by atoms with Crippen LogP contribution in [0.15, 0.2) is 4.99 Å². The van der Waals surface area contributed by atoms with Crippen LogP contribution in [-0.2, 0) is 9.47 Å². The van der Waals surface area contributed by atoms with E-state index in [1.165, 1.54) is 19.3 Å². The Morgan fingerprint density at radius 2 is 2.21 bits per heavy atom. The molecule has 0 amide bonds. The molecule has 5 heteroatoms. The van der Waals surface area contributed by atoms with Crippen molar-refractivity contribution in [2.45, 2.75) is 44.8 Å². The number of nitrogens with one attached hydrogen (secondary N) is 2. The summed E-state index contributed by atoms with van der Waals surface area (Å²) in [5.41, 5.74) is 0.370. The Balaban J connectivity index is 1.82. The lowest BCUT2D eigenvalue weighted by Gasteiger charge is -2.61. The fourth-order valence-electron chi connectivity index (χ4n) is 3.27. The first-order chi connectivity index (χ1) is 9.26. The number of nitrogens with zero attached hydrogens (tertiary/aromatic N) is 1. The average Bonchev–Trinajstić information content (AvgIpc) is 2.33. The lowest BCUT2D eigenvalue weighted by atomic mass is 9.51. The molecule has 0 aromatic rings. The Morgan fingerprint density at radius 1 is 1.42 bits per heavy atom. The quantitative estimate of drug-likeness (QED) is 0.431. The SMILES string of the molecule is CCOC1CC(NC(=NC)NCCOC)C12CCC2. The van der Waals surface area contributed by atoms with E-state index in [-0.39, 0.29) is 0 Å². The molecule has 2 saturated carbocycles. The molecule has 0 aliphatic heterocycles. The van der Waals surface area contributed by atoms with Crippen LogP contribution < -0.4 is 10.6 Å². The second-order valence-electron chi connectivity index (χ2n) is 5.46. The van der Waals surface area contributed by atoms with E-state index in [9.17, 15) is 0 Å². The van der Waals surface area contributed by atoms with Crippen molar-refractivity contribution in [1.29, 1.82) is 0 Å². The van der Waals surface area contributed by atoms with Gasteiger partial charge in [0.2, 0.25) is 0 Å². The van der Waals surface area contributed by atoms with E-state index in [2.05, 4.69) is 22.5 Å². The maximum Gasteiger partial charge on any atom is 0.191 e. The Morgan fingerprint density at radius 3 is 2.74 bits per heavy atom. The van der Waals surface area contributed by atoms with Gasteiger partial charge in [-0.3, -0.25) is 4.99 Å². The lowest BCUT2D eigenvalue weighted by molar-refractivity contribution is -0.168. The van der Waals surface area contributed by atoms with Crippen LogP contribution >= 0.6 is 0 Å². The molecule has 0 radical (unpaired) electrons. The van der Waals surface area contributed by atoms with Crippen molar-refractivity contribution in [3.05, 3.63) is 0 Å². The summed E-state index contributed by atoms with van der Waals surface area (Å²) in [5.74, 6) is 0.878. The van der Waals surface area contributed by atoms with Crippen molar-refractivity contribution >= 4 is 5.96 Å². The fourth-order valence-corrected chi connectivity index (χ4v) is 3.27. The molecule has 2 aliphatic rings. The van der Waals surface area contributed by atoms with Gasteiger partial charge in [0.15, 0.2) is 5.96 Å². The van der Waals surface area contributed by atoms with Gasteiger partial charge in [-0.05, 0) is 26.2 Å². The largest absolute Gasteiger partial charge is 0.383 e. The first-order valence-corrected chi connectivity index (χ1v) is 7.34. The van der Waals surface area contributed by atoms with Gasteiger partial charge in [-0.25, -0.2) is 0 Å². The normalized spacial score (nSPS) is 28.7. The van der Waals surface area contributed by atoms with Gasteiger partial charge in [-0.1, -0.05) is 6.42 Å². The van der Waals surface area contributed by atoms with Crippen molar-refractivity contribution < 1.29 is 9.47 Å². The minimum atomic E-state index is 0.370. The number of rotatable bonds is 6. The molecule has 2 unspecified atom stereocenters. The van der Waals surface area contributed by atoms with Crippen molar-refractivity contribution in [2.24, 2.45) is 10.4 Å². The summed E-state index contributed by atoms with van der Waals surface area (Å²) in [6, 6.07) is 0.506. The highest BCUT2D eigenvalue weighted by molar-refractivity contribution is 5.80. The van der Waals surface area contributed by atoms with E-state index >= 15 is 0 Å². The highest BCUT2D eigenvalue weighted by Gasteiger charge is 2.59. The second-order valence-corrected chi connectivity index (χ2v) is 5.46. The third-order valence-corrected chi connectivity index (χ3v) is 4.57. The Bertz CT molecular complexity index is 316. The topological polar surface area (TPSA) is 54.9 Å². The summed E-state index contributed by atoms with van der Waals surface area (Å²) in [4.78, 5) is 4.27. The fraction of sp³-hybridized carbons (Fsp3) is 0.929. The second kappa shape index (κ2) is 6.57. The Hall–Kier alpha value is -0.810. The van der Waals surface area contributed by atoms with Crippen LogP contribution in [0.3, 0.4) is 0 Å². The van der Waals surface area contributed by atoms with Crippen molar-refractivity contribution in [1.82, 2.24) is 10.6 Å². The molecular weight excluding hydrogens is 242 g/mol. The van der Waals surface area contributed by atoms with Crippen LogP contribution in [0.5, 0.6) is 0 Å². The van der Waals surface area contributed by atoms with E-state index in [1.807, 2.05) is 7.05 Å². The summed E-state index contributed by atoms with van der Waals surface area (Å²) in [7, 11) is 3.52. The van der Waals surface area contributed by atoms with Gasteiger partial charge in [0, 0.05) is 38.8 Å². The van der Waals surface area contributed by atoms with Crippen LogP contribution in [0.4, 0.5) is 0 Å². The lowest BCUT2D eigenvalue weighted by Crippen LogP contribution is -2.68.